The second kappa shape index (κ2) is 5.85. The minimum atomic E-state index is -0.181. The van der Waals surface area contributed by atoms with Gasteiger partial charge in [0.2, 0.25) is 0 Å². The highest BCUT2D eigenvalue weighted by atomic mass is 79.9. The SMILES string of the molecule is CC(C)C1CC(Nc2cc3[nH]c(=O)[nH]c3cc2Br)CCO1. The molecule has 2 heterocycles. The zero-order chi connectivity index (χ0) is 15.0. The van der Waals surface area contributed by atoms with Gasteiger partial charge >= 0.3 is 5.69 Å². The lowest BCUT2D eigenvalue weighted by Gasteiger charge is -2.33. The Morgan fingerprint density at radius 3 is 2.76 bits per heavy atom. The molecule has 1 aliphatic rings. The highest BCUT2D eigenvalue weighted by Crippen LogP contribution is 2.29. The average molecular weight is 354 g/mol. The van der Waals surface area contributed by atoms with E-state index in [9.17, 15) is 4.79 Å². The number of anilines is 1. The molecule has 0 spiro atoms. The van der Waals surface area contributed by atoms with Crippen molar-refractivity contribution in [1.29, 1.82) is 0 Å². The van der Waals surface area contributed by atoms with Crippen molar-refractivity contribution in [2.75, 3.05) is 11.9 Å². The Hall–Kier alpha value is -1.27. The first-order valence-electron chi connectivity index (χ1n) is 7.32. The van der Waals surface area contributed by atoms with Crippen molar-refractivity contribution in [2.24, 2.45) is 5.92 Å². The van der Waals surface area contributed by atoms with Gasteiger partial charge in [-0.3, -0.25) is 0 Å². The van der Waals surface area contributed by atoms with E-state index < -0.39 is 0 Å². The third-order valence-corrected chi connectivity index (χ3v) is 4.68. The van der Waals surface area contributed by atoms with Gasteiger partial charge in [0.05, 0.1) is 22.8 Å². The maximum absolute atomic E-state index is 11.4. The molecule has 5 nitrogen and oxygen atoms in total. The van der Waals surface area contributed by atoms with Crippen LogP contribution in [0.15, 0.2) is 21.4 Å². The molecule has 3 N–H and O–H groups in total. The van der Waals surface area contributed by atoms with E-state index in [0.717, 1.165) is 40.6 Å². The molecule has 6 heteroatoms. The Balaban J connectivity index is 1.80. The van der Waals surface area contributed by atoms with Gasteiger partial charge in [-0.05, 0) is 46.8 Å². The first kappa shape index (κ1) is 14.7. The van der Waals surface area contributed by atoms with Crippen LogP contribution in [-0.4, -0.2) is 28.7 Å². The lowest BCUT2D eigenvalue weighted by molar-refractivity contribution is -0.0160. The summed E-state index contributed by atoms with van der Waals surface area (Å²) in [4.78, 5) is 16.9. The predicted octanol–water partition coefficient (Wildman–Crippen LogP) is 3.23. The number of nitrogens with one attached hydrogen (secondary N) is 3. The fourth-order valence-corrected chi connectivity index (χ4v) is 3.27. The molecule has 114 valence electrons. The zero-order valence-electron chi connectivity index (χ0n) is 12.2. The number of hydrogen-bond acceptors (Lipinski definition) is 3. The number of hydrogen-bond donors (Lipinski definition) is 3. The Labute approximate surface area is 131 Å². The fourth-order valence-electron chi connectivity index (χ4n) is 2.81. The second-order valence-corrected chi connectivity index (χ2v) is 6.83. The monoisotopic (exact) mass is 353 g/mol. The topological polar surface area (TPSA) is 69.9 Å². The molecule has 2 aromatic rings. The van der Waals surface area contributed by atoms with Crippen LogP contribution in [0.4, 0.5) is 5.69 Å². The zero-order valence-corrected chi connectivity index (χ0v) is 13.8. The highest BCUT2D eigenvalue weighted by molar-refractivity contribution is 9.10. The first-order chi connectivity index (χ1) is 10.0. The van der Waals surface area contributed by atoms with Gasteiger partial charge in [-0.1, -0.05) is 13.8 Å². The predicted molar refractivity (Wildman–Crippen MR) is 87.8 cm³/mol. The number of imidazole rings is 1. The van der Waals surface area contributed by atoms with E-state index in [0.29, 0.717) is 18.1 Å². The number of H-pyrrole nitrogens is 2. The largest absolute Gasteiger partial charge is 0.381 e. The summed E-state index contributed by atoms with van der Waals surface area (Å²) >= 11 is 3.57. The van der Waals surface area contributed by atoms with E-state index in [4.69, 9.17) is 4.74 Å². The van der Waals surface area contributed by atoms with E-state index in [1.165, 1.54) is 0 Å². The average Bonchev–Trinajstić information content (AvgIpc) is 2.78. The number of aromatic nitrogens is 2. The molecule has 1 aliphatic heterocycles. The molecule has 2 atom stereocenters. The Bertz CT molecular complexity index is 692. The van der Waals surface area contributed by atoms with Gasteiger partial charge in [0, 0.05) is 17.1 Å². The molecule has 2 unspecified atom stereocenters. The minimum absolute atomic E-state index is 0.181. The Morgan fingerprint density at radius 2 is 2.05 bits per heavy atom. The van der Waals surface area contributed by atoms with Crippen LogP contribution in [0.5, 0.6) is 0 Å². The van der Waals surface area contributed by atoms with Crippen molar-refractivity contribution in [3.05, 3.63) is 27.1 Å². The third kappa shape index (κ3) is 3.16. The number of aromatic amines is 2. The Kier molecular flexibility index (Phi) is 4.08. The van der Waals surface area contributed by atoms with Gasteiger partial charge in [-0.15, -0.1) is 0 Å². The molecule has 0 amide bonds. The molecule has 0 saturated carbocycles. The van der Waals surface area contributed by atoms with Gasteiger partial charge in [-0.2, -0.15) is 0 Å². The molecule has 1 aromatic carbocycles. The molecule has 0 aliphatic carbocycles. The van der Waals surface area contributed by atoms with Crippen molar-refractivity contribution >= 4 is 32.7 Å². The summed E-state index contributed by atoms with van der Waals surface area (Å²) in [5, 5.41) is 3.57. The van der Waals surface area contributed by atoms with Crippen LogP contribution in [0, 0.1) is 5.92 Å². The van der Waals surface area contributed by atoms with Gasteiger partial charge in [-0.25, -0.2) is 4.79 Å². The van der Waals surface area contributed by atoms with Gasteiger partial charge < -0.3 is 20.0 Å². The van der Waals surface area contributed by atoms with Crippen LogP contribution in [0.2, 0.25) is 0 Å². The molecule has 3 rings (SSSR count). The summed E-state index contributed by atoms with van der Waals surface area (Å²) in [6.45, 7) is 5.18. The smallest absolute Gasteiger partial charge is 0.323 e. The van der Waals surface area contributed by atoms with Crippen molar-refractivity contribution in [1.82, 2.24) is 9.97 Å². The molecule has 0 radical (unpaired) electrons. The van der Waals surface area contributed by atoms with Crippen LogP contribution in [-0.2, 0) is 4.74 Å². The molecule has 1 fully saturated rings. The van der Waals surface area contributed by atoms with Gasteiger partial charge in [0.1, 0.15) is 0 Å². The summed E-state index contributed by atoms with van der Waals surface area (Å²) in [7, 11) is 0. The van der Waals surface area contributed by atoms with E-state index >= 15 is 0 Å². The number of fused-ring (bicyclic) bond motifs is 1. The van der Waals surface area contributed by atoms with E-state index in [-0.39, 0.29) is 5.69 Å². The first-order valence-corrected chi connectivity index (χ1v) is 8.12. The van der Waals surface area contributed by atoms with Gasteiger partial charge in [0.15, 0.2) is 0 Å². The molecular weight excluding hydrogens is 334 g/mol. The standard InChI is InChI=1S/C15H20BrN3O2/c1-8(2)14-5-9(3-4-21-14)17-11-7-13-12(6-10(11)16)18-15(20)19-13/h6-9,14,17H,3-5H2,1-2H3,(H2,18,19,20). The summed E-state index contributed by atoms with van der Waals surface area (Å²) in [6, 6.07) is 4.29. The van der Waals surface area contributed by atoms with Crippen molar-refractivity contribution in [3.63, 3.8) is 0 Å². The highest BCUT2D eigenvalue weighted by Gasteiger charge is 2.25. The quantitative estimate of drug-likeness (QED) is 0.793. The van der Waals surface area contributed by atoms with Crippen LogP contribution in [0.1, 0.15) is 26.7 Å². The maximum atomic E-state index is 11.4. The van der Waals surface area contributed by atoms with Crippen molar-refractivity contribution in [2.45, 2.75) is 38.8 Å². The van der Waals surface area contributed by atoms with Crippen LogP contribution < -0.4 is 11.0 Å². The molecule has 1 saturated heterocycles. The fraction of sp³-hybridized carbons (Fsp3) is 0.533. The normalized spacial score (nSPS) is 22.9. The lowest BCUT2D eigenvalue weighted by Crippen LogP contribution is -2.36. The van der Waals surface area contributed by atoms with Crippen molar-refractivity contribution in [3.8, 4) is 0 Å². The number of ether oxygens (including phenoxy) is 1. The van der Waals surface area contributed by atoms with E-state index in [2.05, 4.69) is 45.1 Å². The second-order valence-electron chi connectivity index (χ2n) is 5.98. The van der Waals surface area contributed by atoms with Crippen LogP contribution in [0.25, 0.3) is 11.0 Å². The maximum Gasteiger partial charge on any atom is 0.323 e. The molecule has 0 bridgehead atoms. The van der Waals surface area contributed by atoms with Crippen molar-refractivity contribution < 1.29 is 4.74 Å². The molecule has 1 aromatic heterocycles. The lowest BCUT2D eigenvalue weighted by atomic mass is 9.95. The van der Waals surface area contributed by atoms with Crippen LogP contribution >= 0.6 is 15.9 Å². The minimum Gasteiger partial charge on any atom is -0.381 e. The summed E-state index contributed by atoms with van der Waals surface area (Å²) in [5.41, 5.74) is 2.45. The van der Waals surface area contributed by atoms with E-state index in [1.54, 1.807) is 0 Å². The van der Waals surface area contributed by atoms with Crippen LogP contribution in [0.3, 0.4) is 0 Å². The third-order valence-electron chi connectivity index (χ3n) is 4.02. The number of rotatable bonds is 3. The van der Waals surface area contributed by atoms with E-state index in [1.807, 2.05) is 12.1 Å². The Morgan fingerprint density at radius 1 is 1.33 bits per heavy atom. The number of halogens is 1. The summed E-state index contributed by atoms with van der Waals surface area (Å²) in [6.07, 6.45) is 2.31. The molecular formula is C15H20BrN3O2. The molecule has 21 heavy (non-hydrogen) atoms. The summed E-state index contributed by atoms with van der Waals surface area (Å²) < 4.78 is 6.76. The number of benzene rings is 1. The van der Waals surface area contributed by atoms with Gasteiger partial charge in [0.25, 0.3) is 0 Å². The summed E-state index contributed by atoms with van der Waals surface area (Å²) in [5.74, 6) is 0.529.